The third kappa shape index (κ3) is 2.87. The lowest BCUT2D eigenvalue weighted by Crippen LogP contribution is -2.06. The predicted molar refractivity (Wildman–Crippen MR) is 73.1 cm³/mol. The summed E-state index contributed by atoms with van der Waals surface area (Å²) in [5.74, 6) is 0. The lowest BCUT2D eigenvalue weighted by molar-refractivity contribution is 0.214. The number of hydrogen-bond donors (Lipinski definition) is 0. The molecule has 0 unspecified atom stereocenters. The largest absolute Gasteiger partial charge is 0.399 e. The van der Waals surface area contributed by atoms with Crippen LogP contribution in [0.5, 0.6) is 0 Å². The highest BCUT2D eigenvalue weighted by Gasteiger charge is 2.09. The van der Waals surface area contributed by atoms with Crippen molar-refractivity contribution in [2.45, 2.75) is 6.92 Å². The molecule has 2 aromatic rings. The van der Waals surface area contributed by atoms with Gasteiger partial charge in [0.25, 0.3) is 0 Å². The molecule has 0 radical (unpaired) electrons. The molecule has 0 amide bonds. The second-order valence-corrected chi connectivity index (χ2v) is 4.29. The van der Waals surface area contributed by atoms with Crippen LogP contribution in [0.4, 0.5) is 0 Å². The number of nitrogens with zero attached hydrogens (tertiary/aromatic N) is 2. The molecule has 0 bridgehead atoms. The van der Waals surface area contributed by atoms with Crippen molar-refractivity contribution >= 4 is 17.3 Å². The first kappa shape index (κ1) is 12.6. The molecule has 1 aromatic carbocycles. The zero-order chi connectivity index (χ0) is 13.0. The lowest BCUT2D eigenvalue weighted by Gasteiger charge is -2.05. The fraction of sp³-hybridized carbons (Fsp3) is 0.143. The molecule has 0 fully saturated rings. The molecule has 4 heteroatoms. The standard InChI is InChI=1S/C14H13ClN2O/c1-10-3-5-11(6-4-10)14(17-18-2)13-8-7-12(15)9-16-13/h3-9H,1-2H3. The Balaban J connectivity index is 2.43. The monoisotopic (exact) mass is 260 g/mol. The molecule has 0 N–H and O–H groups in total. The van der Waals surface area contributed by atoms with E-state index in [1.165, 1.54) is 12.7 Å². The molecule has 0 atom stereocenters. The van der Waals surface area contributed by atoms with E-state index in [1.807, 2.05) is 37.3 Å². The normalized spacial score (nSPS) is 11.4. The molecule has 0 aliphatic heterocycles. The minimum Gasteiger partial charge on any atom is -0.399 e. The predicted octanol–water partition coefficient (Wildman–Crippen LogP) is 3.44. The maximum absolute atomic E-state index is 5.83. The molecular formula is C14H13ClN2O. The highest BCUT2D eigenvalue weighted by molar-refractivity contribution is 6.30. The maximum atomic E-state index is 5.83. The summed E-state index contributed by atoms with van der Waals surface area (Å²) in [6.45, 7) is 2.04. The van der Waals surface area contributed by atoms with E-state index in [4.69, 9.17) is 16.4 Å². The number of halogens is 1. The third-order valence-corrected chi connectivity index (χ3v) is 2.70. The summed E-state index contributed by atoms with van der Waals surface area (Å²) < 4.78 is 0. The molecule has 3 nitrogen and oxygen atoms in total. The van der Waals surface area contributed by atoms with E-state index in [0.29, 0.717) is 10.7 Å². The van der Waals surface area contributed by atoms with Gasteiger partial charge in [-0.25, -0.2) is 0 Å². The van der Waals surface area contributed by atoms with Gasteiger partial charge in [0.2, 0.25) is 0 Å². The molecule has 0 saturated heterocycles. The second kappa shape index (κ2) is 5.65. The Morgan fingerprint density at radius 3 is 2.44 bits per heavy atom. The SMILES string of the molecule is CON=C(c1ccc(C)cc1)c1ccc(Cl)cn1. The van der Waals surface area contributed by atoms with Gasteiger partial charge in [-0.05, 0) is 19.1 Å². The second-order valence-electron chi connectivity index (χ2n) is 3.85. The first-order valence-electron chi connectivity index (χ1n) is 5.51. The zero-order valence-corrected chi connectivity index (χ0v) is 11.0. The Morgan fingerprint density at radius 2 is 1.89 bits per heavy atom. The summed E-state index contributed by atoms with van der Waals surface area (Å²) in [6, 6.07) is 11.6. The minimum atomic E-state index is 0.597. The van der Waals surface area contributed by atoms with Gasteiger partial charge in [-0.15, -0.1) is 0 Å². The van der Waals surface area contributed by atoms with Crippen molar-refractivity contribution in [1.82, 2.24) is 4.98 Å². The quantitative estimate of drug-likeness (QED) is 0.626. The average molecular weight is 261 g/mol. The fourth-order valence-electron chi connectivity index (χ4n) is 1.57. The Bertz CT molecular complexity index is 500. The van der Waals surface area contributed by atoms with E-state index in [0.717, 1.165) is 11.3 Å². The Morgan fingerprint density at radius 1 is 1.17 bits per heavy atom. The Hall–Kier alpha value is -1.87. The summed E-state index contributed by atoms with van der Waals surface area (Å²) >= 11 is 5.83. The molecule has 0 aliphatic rings. The topological polar surface area (TPSA) is 34.5 Å². The summed E-state index contributed by atoms with van der Waals surface area (Å²) in [5, 5.41) is 4.63. The molecule has 1 heterocycles. The first-order chi connectivity index (χ1) is 8.70. The van der Waals surface area contributed by atoms with E-state index >= 15 is 0 Å². The third-order valence-electron chi connectivity index (χ3n) is 2.48. The molecule has 0 spiro atoms. The van der Waals surface area contributed by atoms with Gasteiger partial charge in [0.1, 0.15) is 12.8 Å². The van der Waals surface area contributed by atoms with Crippen LogP contribution in [0.1, 0.15) is 16.8 Å². The van der Waals surface area contributed by atoms with Crippen molar-refractivity contribution in [3.8, 4) is 0 Å². The zero-order valence-electron chi connectivity index (χ0n) is 10.2. The van der Waals surface area contributed by atoms with E-state index in [2.05, 4.69) is 10.1 Å². The Kier molecular flexibility index (Phi) is 3.95. The average Bonchev–Trinajstić information content (AvgIpc) is 2.39. The van der Waals surface area contributed by atoms with Crippen molar-refractivity contribution in [2.75, 3.05) is 7.11 Å². The number of aromatic nitrogens is 1. The van der Waals surface area contributed by atoms with Gasteiger partial charge in [-0.2, -0.15) is 0 Å². The van der Waals surface area contributed by atoms with Crippen molar-refractivity contribution in [2.24, 2.45) is 5.16 Å². The number of pyridine rings is 1. The molecule has 0 aliphatic carbocycles. The van der Waals surface area contributed by atoms with Crippen molar-refractivity contribution in [1.29, 1.82) is 0 Å². The molecule has 1 aromatic heterocycles. The smallest absolute Gasteiger partial charge is 0.135 e. The van der Waals surface area contributed by atoms with E-state index in [9.17, 15) is 0 Å². The van der Waals surface area contributed by atoms with E-state index in [-0.39, 0.29) is 0 Å². The molecule has 92 valence electrons. The fourth-order valence-corrected chi connectivity index (χ4v) is 1.68. The number of hydrogen-bond acceptors (Lipinski definition) is 3. The van der Waals surface area contributed by atoms with Crippen LogP contribution in [0.2, 0.25) is 5.02 Å². The van der Waals surface area contributed by atoms with Crippen LogP contribution in [0, 0.1) is 6.92 Å². The van der Waals surface area contributed by atoms with E-state index < -0.39 is 0 Å². The van der Waals surface area contributed by atoms with Crippen LogP contribution < -0.4 is 0 Å². The van der Waals surface area contributed by atoms with Crippen LogP contribution in [-0.2, 0) is 4.84 Å². The van der Waals surface area contributed by atoms with Crippen LogP contribution in [0.15, 0.2) is 47.8 Å². The highest BCUT2D eigenvalue weighted by atomic mass is 35.5. The van der Waals surface area contributed by atoms with Gasteiger partial charge in [0, 0.05) is 11.8 Å². The maximum Gasteiger partial charge on any atom is 0.135 e. The van der Waals surface area contributed by atoms with Gasteiger partial charge in [0.15, 0.2) is 0 Å². The molecular weight excluding hydrogens is 248 g/mol. The lowest BCUT2D eigenvalue weighted by atomic mass is 10.1. The summed E-state index contributed by atoms with van der Waals surface area (Å²) in [4.78, 5) is 9.14. The van der Waals surface area contributed by atoms with Gasteiger partial charge in [-0.3, -0.25) is 4.98 Å². The Labute approximate surface area is 111 Å². The number of benzene rings is 1. The van der Waals surface area contributed by atoms with Crippen molar-refractivity contribution < 1.29 is 4.84 Å². The minimum absolute atomic E-state index is 0.597. The van der Waals surface area contributed by atoms with Crippen LogP contribution >= 0.6 is 11.6 Å². The van der Waals surface area contributed by atoms with Crippen LogP contribution in [0.25, 0.3) is 0 Å². The summed E-state index contributed by atoms with van der Waals surface area (Å²) in [5.41, 5.74) is 3.57. The molecule has 18 heavy (non-hydrogen) atoms. The van der Waals surface area contributed by atoms with Crippen LogP contribution in [0.3, 0.4) is 0 Å². The highest BCUT2D eigenvalue weighted by Crippen LogP contribution is 2.13. The van der Waals surface area contributed by atoms with Gasteiger partial charge in [0.05, 0.1) is 10.7 Å². The van der Waals surface area contributed by atoms with Crippen molar-refractivity contribution in [3.63, 3.8) is 0 Å². The summed E-state index contributed by atoms with van der Waals surface area (Å²) in [7, 11) is 1.52. The van der Waals surface area contributed by atoms with E-state index in [1.54, 1.807) is 12.3 Å². The first-order valence-corrected chi connectivity index (χ1v) is 5.88. The number of rotatable bonds is 3. The van der Waals surface area contributed by atoms with Gasteiger partial charge < -0.3 is 4.84 Å². The number of aryl methyl sites for hydroxylation is 1. The summed E-state index contributed by atoms with van der Waals surface area (Å²) in [6.07, 6.45) is 1.59. The molecule has 2 rings (SSSR count). The van der Waals surface area contributed by atoms with Crippen molar-refractivity contribution in [3.05, 3.63) is 64.4 Å². The molecule has 0 saturated carbocycles. The van der Waals surface area contributed by atoms with Crippen LogP contribution in [-0.4, -0.2) is 17.8 Å². The number of oxime groups is 1. The van der Waals surface area contributed by atoms with Gasteiger partial charge >= 0.3 is 0 Å². The van der Waals surface area contributed by atoms with Gasteiger partial charge in [-0.1, -0.05) is 46.6 Å².